The van der Waals surface area contributed by atoms with Crippen molar-refractivity contribution in [2.45, 2.75) is 6.61 Å². The number of nitrogens with zero attached hydrogens (tertiary/aromatic N) is 1. The summed E-state index contributed by atoms with van der Waals surface area (Å²) >= 11 is 5.95. The number of benzene rings is 2. The Bertz CT molecular complexity index is 673. The van der Waals surface area contributed by atoms with Gasteiger partial charge in [0, 0.05) is 16.3 Å². The second-order valence-corrected chi connectivity index (χ2v) is 5.02. The number of rotatable bonds is 2. The van der Waals surface area contributed by atoms with Crippen LogP contribution in [0, 0.1) is 0 Å². The fourth-order valence-corrected chi connectivity index (χ4v) is 2.59. The van der Waals surface area contributed by atoms with E-state index in [4.69, 9.17) is 11.6 Å². The van der Waals surface area contributed by atoms with Gasteiger partial charge in [0.05, 0.1) is 18.0 Å². The van der Waals surface area contributed by atoms with Crippen LogP contribution in [0.1, 0.15) is 5.56 Å². The normalized spacial score (nSPS) is 13.9. The lowest BCUT2D eigenvalue weighted by molar-refractivity contribution is -0.115. The Labute approximate surface area is 121 Å². The zero-order valence-corrected chi connectivity index (χ0v) is 11.4. The molecule has 0 atom stereocenters. The van der Waals surface area contributed by atoms with E-state index in [1.807, 2.05) is 35.2 Å². The third-order valence-electron chi connectivity index (χ3n) is 3.27. The van der Waals surface area contributed by atoms with Crippen LogP contribution >= 0.6 is 11.6 Å². The minimum Gasteiger partial charge on any atom is -0.392 e. The zero-order valence-electron chi connectivity index (χ0n) is 10.6. The van der Waals surface area contributed by atoms with Gasteiger partial charge in [0.25, 0.3) is 0 Å². The summed E-state index contributed by atoms with van der Waals surface area (Å²) in [7, 11) is 0. The number of carbonyl (C=O) groups excluding carboxylic acids is 1. The molecule has 1 aliphatic rings. The molecule has 1 heterocycles. The Morgan fingerprint density at radius 1 is 1.20 bits per heavy atom. The molecular weight excluding hydrogens is 276 g/mol. The maximum atomic E-state index is 11.8. The van der Waals surface area contributed by atoms with Gasteiger partial charge in [0.15, 0.2) is 0 Å². The minimum absolute atomic E-state index is 0.0810. The quantitative estimate of drug-likeness (QED) is 0.893. The highest BCUT2D eigenvalue weighted by Gasteiger charge is 2.24. The summed E-state index contributed by atoms with van der Waals surface area (Å²) in [6.45, 7) is 0.0851. The number of anilines is 3. The highest BCUT2D eigenvalue weighted by Crippen LogP contribution is 2.37. The summed E-state index contributed by atoms with van der Waals surface area (Å²) in [4.78, 5) is 13.7. The predicted octanol–water partition coefficient (Wildman–Crippen LogP) is 2.92. The van der Waals surface area contributed by atoms with E-state index in [9.17, 15) is 9.90 Å². The van der Waals surface area contributed by atoms with Gasteiger partial charge in [0.2, 0.25) is 5.91 Å². The van der Waals surface area contributed by atoms with Crippen molar-refractivity contribution >= 4 is 34.6 Å². The van der Waals surface area contributed by atoms with E-state index in [0.29, 0.717) is 10.6 Å². The molecule has 1 aliphatic heterocycles. The smallest absolute Gasteiger partial charge is 0.244 e. The van der Waals surface area contributed by atoms with E-state index < -0.39 is 0 Å². The largest absolute Gasteiger partial charge is 0.392 e. The zero-order chi connectivity index (χ0) is 14.1. The van der Waals surface area contributed by atoms with Crippen LogP contribution in [0.5, 0.6) is 0 Å². The van der Waals surface area contributed by atoms with Crippen molar-refractivity contribution in [1.82, 2.24) is 0 Å². The molecule has 0 fully saturated rings. The molecule has 20 heavy (non-hydrogen) atoms. The van der Waals surface area contributed by atoms with Gasteiger partial charge in [-0.05, 0) is 30.3 Å². The molecule has 0 aromatic heterocycles. The average Bonchev–Trinajstić information content (AvgIpc) is 2.46. The van der Waals surface area contributed by atoms with E-state index in [1.54, 1.807) is 12.1 Å². The lowest BCUT2D eigenvalue weighted by atomic mass is 10.1. The molecule has 0 spiro atoms. The number of hydrogen-bond donors (Lipinski definition) is 2. The van der Waals surface area contributed by atoms with Crippen molar-refractivity contribution < 1.29 is 9.90 Å². The van der Waals surface area contributed by atoms with Gasteiger partial charge in [-0.25, -0.2) is 0 Å². The average molecular weight is 289 g/mol. The second-order valence-electron chi connectivity index (χ2n) is 4.58. The molecule has 5 heteroatoms. The molecule has 0 saturated carbocycles. The number of aliphatic hydroxyl groups is 1. The van der Waals surface area contributed by atoms with Gasteiger partial charge >= 0.3 is 0 Å². The minimum atomic E-state index is -0.129. The molecule has 3 rings (SSSR count). The number of fused-ring (bicyclic) bond motifs is 1. The first-order valence-corrected chi connectivity index (χ1v) is 6.62. The monoisotopic (exact) mass is 288 g/mol. The Kier molecular flexibility index (Phi) is 3.34. The highest BCUT2D eigenvalue weighted by atomic mass is 35.5. The first-order chi connectivity index (χ1) is 9.69. The number of carbonyl (C=O) groups is 1. The fourth-order valence-electron chi connectivity index (χ4n) is 2.39. The third-order valence-corrected chi connectivity index (χ3v) is 3.51. The Balaban J connectivity index is 2.13. The van der Waals surface area contributed by atoms with Crippen molar-refractivity contribution in [3.8, 4) is 0 Å². The van der Waals surface area contributed by atoms with Crippen molar-refractivity contribution in [2.75, 3.05) is 16.8 Å². The van der Waals surface area contributed by atoms with E-state index in [0.717, 1.165) is 17.1 Å². The lowest BCUT2D eigenvalue weighted by Gasteiger charge is -2.32. The van der Waals surface area contributed by atoms with E-state index in [-0.39, 0.29) is 19.1 Å². The molecule has 0 radical (unpaired) electrons. The van der Waals surface area contributed by atoms with Crippen LogP contribution in [0.2, 0.25) is 5.02 Å². The van der Waals surface area contributed by atoms with E-state index in [2.05, 4.69) is 5.32 Å². The van der Waals surface area contributed by atoms with Crippen molar-refractivity contribution in [2.24, 2.45) is 0 Å². The van der Waals surface area contributed by atoms with Crippen LogP contribution in [0.4, 0.5) is 17.1 Å². The number of nitrogens with one attached hydrogen (secondary N) is 1. The number of aliphatic hydroxyl groups excluding tert-OH is 1. The molecule has 0 unspecified atom stereocenters. The molecule has 102 valence electrons. The first-order valence-electron chi connectivity index (χ1n) is 6.25. The van der Waals surface area contributed by atoms with Crippen molar-refractivity contribution in [3.05, 3.63) is 53.1 Å². The predicted molar refractivity (Wildman–Crippen MR) is 79.5 cm³/mol. The number of amides is 1. The molecule has 2 N–H and O–H groups in total. The van der Waals surface area contributed by atoms with Crippen LogP contribution in [-0.4, -0.2) is 17.6 Å². The van der Waals surface area contributed by atoms with Gasteiger partial charge in [-0.15, -0.1) is 0 Å². The maximum Gasteiger partial charge on any atom is 0.244 e. The third kappa shape index (κ3) is 2.24. The van der Waals surface area contributed by atoms with Crippen LogP contribution in [-0.2, 0) is 11.4 Å². The molecule has 2 aromatic rings. The summed E-state index contributed by atoms with van der Waals surface area (Å²) in [5, 5.41) is 12.9. The topological polar surface area (TPSA) is 52.6 Å². The van der Waals surface area contributed by atoms with Crippen LogP contribution in [0.25, 0.3) is 0 Å². The van der Waals surface area contributed by atoms with Gasteiger partial charge in [-0.3, -0.25) is 4.79 Å². The number of para-hydroxylation sites is 2. The number of hydrogen-bond acceptors (Lipinski definition) is 3. The second kappa shape index (κ2) is 5.15. The van der Waals surface area contributed by atoms with Crippen LogP contribution in [0.3, 0.4) is 0 Å². The molecular formula is C15H13ClN2O2. The molecule has 0 bridgehead atoms. The van der Waals surface area contributed by atoms with Crippen LogP contribution in [0.15, 0.2) is 42.5 Å². The van der Waals surface area contributed by atoms with Gasteiger partial charge in [0.1, 0.15) is 6.54 Å². The first kappa shape index (κ1) is 13.0. The van der Waals surface area contributed by atoms with Crippen molar-refractivity contribution in [1.29, 1.82) is 0 Å². The van der Waals surface area contributed by atoms with Gasteiger partial charge < -0.3 is 15.3 Å². The molecule has 1 amide bonds. The maximum absolute atomic E-state index is 11.8. The van der Waals surface area contributed by atoms with Crippen LogP contribution < -0.4 is 10.2 Å². The summed E-state index contributed by atoms with van der Waals surface area (Å²) in [5.41, 5.74) is 3.16. The van der Waals surface area contributed by atoms with E-state index >= 15 is 0 Å². The highest BCUT2D eigenvalue weighted by molar-refractivity contribution is 6.30. The van der Waals surface area contributed by atoms with Gasteiger partial charge in [-0.2, -0.15) is 0 Å². The standard InChI is InChI=1S/C15H13ClN2O2/c16-11-5-6-13(10(7-11)9-19)18-8-15(20)17-12-3-1-2-4-14(12)18/h1-7,19H,8-9H2,(H,17,20). The Morgan fingerprint density at radius 3 is 2.80 bits per heavy atom. The molecule has 2 aromatic carbocycles. The molecule has 0 saturated heterocycles. The summed E-state index contributed by atoms with van der Waals surface area (Å²) in [5.74, 6) is -0.0810. The Morgan fingerprint density at radius 2 is 2.00 bits per heavy atom. The Hall–Kier alpha value is -2.04. The SMILES string of the molecule is O=C1CN(c2ccc(Cl)cc2CO)c2ccccc2N1. The van der Waals surface area contributed by atoms with Gasteiger partial charge in [-0.1, -0.05) is 23.7 Å². The summed E-state index contributed by atoms with van der Waals surface area (Å²) < 4.78 is 0. The lowest BCUT2D eigenvalue weighted by Crippen LogP contribution is -2.35. The molecule has 4 nitrogen and oxygen atoms in total. The fraction of sp³-hybridized carbons (Fsp3) is 0.133. The molecule has 0 aliphatic carbocycles. The summed E-state index contributed by atoms with van der Waals surface area (Å²) in [6, 6.07) is 12.9. The van der Waals surface area contributed by atoms with Crippen molar-refractivity contribution in [3.63, 3.8) is 0 Å². The number of halogens is 1. The van der Waals surface area contributed by atoms with E-state index in [1.165, 1.54) is 0 Å². The summed E-state index contributed by atoms with van der Waals surface area (Å²) in [6.07, 6.45) is 0.